The average Bonchev–Trinajstić information content (AvgIpc) is 2.30. The van der Waals surface area contributed by atoms with E-state index in [1.54, 1.807) is 0 Å². The number of hydrogen-bond donors (Lipinski definition) is 2. The third-order valence-corrected chi connectivity index (χ3v) is 2.81. The van der Waals surface area contributed by atoms with Crippen molar-refractivity contribution in [3.05, 3.63) is 0 Å². The number of nitrogens with two attached hydrogens (primary N) is 1. The maximum atomic E-state index is 11.4. The molecule has 0 fully saturated rings. The number of esters is 1. The van der Waals surface area contributed by atoms with E-state index in [4.69, 9.17) is 15.6 Å². The fourth-order valence-electron chi connectivity index (χ4n) is 1.31. The lowest BCUT2D eigenvalue weighted by molar-refractivity contribution is -0.146. The molecule has 0 aromatic heterocycles. The minimum atomic E-state index is -0.791. The Hall–Kier alpha value is -1.10. The van der Waals surface area contributed by atoms with E-state index >= 15 is 0 Å². The standard InChI is InChI=1S/C12H23NO4/c1-3-9(2)11(13)12(16)17-8-6-4-5-7-10(14)15/h9,11H,3-8,13H2,1-2H3,(H,14,15). The van der Waals surface area contributed by atoms with Gasteiger partial charge in [-0.15, -0.1) is 0 Å². The minimum Gasteiger partial charge on any atom is -0.481 e. The topological polar surface area (TPSA) is 89.6 Å². The predicted octanol–water partition coefficient (Wildman–Crippen LogP) is 1.55. The lowest BCUT2D eigenvalue weighted by Crippen LogP contribution is -2.38. The summed E-state index contributed by atoms with van der Waals surface area (Å²) >= 11 is 0. The van der Waals surface area contributed by atoms with Crippen molar-refractivity contribution in [3.8, 4) is 0 Å². The van der Waals surface area contributed by atoms with Crippen LogP contribution >= 0.6 is 0 Å². The van der Waals surface area contributed by atoms with Crippen molar-refractivity contribution in [1.29, 1.82) is 0 Å². The van der Waals surface area contributed by atoms with E-state index in [1.807, 2.05) is 13.8 Å². The average molecular weight is 245 g/mol. The number of ether oxygens (including phenoxy) is 1. The largest absolute Gasteiger partial charge is 0.481 e. The molecule has 2 unspecified atom stereocenters. The van der Waals surface area contributed by atoms with Gasteiger partial charge >= 0.3 is 11.9 Å². The van der Waals surface area contributed by atoms with Gasteiger partial charge in [0.25, 0.3) is 0 Å². The molecule has 0 rings (SSSR count). The number of carboxylic acids is 1. The van der Waals surface area contributed by atoms with E-state index < -0.39 is 12.0 Å². The van der Waals surface area contributed by atoms with Gasteiger partial charge in [0.2, 0.25) is 0 Å². The van der Waals surface area contributed by atoms with Crippen molar-refractivity contribution in [3.63, 3.8) is 0 Å². The van der Waals surface area contributed by atoms with Gasteiger partial charge in [0, 0.05) is 6.42 Å². The van der Waals surface area contributed by atoms with Gasteiger partial charge < -0.3 is 15.6 Å². The lowest BCUT2D eigenvalue weighted by atomic mass is 10.0. The first-order valence-corrected chi connectivity index (χ1v) is 6.13. The van der Waals surface area contributed by atoms with Crippen LogP contribution in [0.15, 0.2) is 0 Å². The van der Waals surface area contributed by atoms with Crippen LogP contribution in [0.2, 0.25) is 0 Å². The number of aliphatic carboxylic acids is 1. The fourth-order valence-corrected chi connectivity index (χ4v) is 1.31. The van der Waals surface area contributed by atoms with Gasteiger partial charge in [-0.1, -0.05) is 20.3 Å². The summed E-state index contributed by atoms with van der Waals surface area (Å²) < 4.78 is 5.02. The number of hydrogen-bond acceptors (Lipinski definition) is 4. The van der Waals surface area contributed by atoms with Gasteiger partial charge in [-0.25, -0.2) is 0 Å². The Labute approximate surface area is 102 Å². The zero-order chi connectivity index (χ0) is 13.3. The van der Waals surface area contributed by atoms with E-state index in [-0.39, 0.29) is 18.3 Å². The number of rotatable bonds is 9. The van der Waals surface area contributed by atoms with Crippen molar-refractivity contribution in [1.82, 2.24) is 0 Å². The maximum Gasteiger partial charge on any atom is 0.323 e. The van der Waals surface area contributed by atoms with Crippen LogP contribution in [0.3, 0.4) is 0 Å². The monoisotopic (exact) mass is 245 g/mol. The molecule has 2 atom stereocenters. The second-order valence-corrected chi connectivity index (χ2v) is 4.28. The molecular weight excluding hydrogens is 222 g/mol. The molecule has 0 saturated carbocycles. The normalized spacial score (nSPS) is 14.1. The first-order chi connectivity index (χ1) is 7.99. The summed E-state index contributed by atoms with van der Waals surface area (Å²) in [5.41, 5.74) is 5.70. The van der Waals surface area contributed by atoms with E-state index in [9.17, 15) is 9.59 Å². The van der Waals surface area contributed by atoms with Crippen molar-refractivity contribution >= 4 is 11.9 Å². The van der Waals surface area contributed by atoms with Gasteiger partial charge in [-0.2, -0.15) is 0 Å². The first-order valence-electron chi connectivity index (χ1n) is 6.13. The van der Waals surface area contributed by atoms with Crippen molar-refractivity contribution in [2.45, 2.75) is 52.0 Å². The molecular formula is C12H23NO4. The molecule has 0 amide bonds. The number of carbonyl (C=O) groups is 2. The Bertz CT molecular complexity index is 243. The van der Waals surface area contributed by atoms with E-state index in [1.165, 1.54) is 0 Å². The predicted molar refractivity (Wildman–Crippen MR) is 64.5 cm³/mol. The van der Waals surface area contributed by atoms with Gasteiger partial charge in [-0.3, -0.25) is 9.59 Å². The van der Waals surface area contributed by atoms with Crippen LogP contribution in [-0.4, -0.2) is 29.7 Å². The van der Waals surface area contributed by atoms with E-state index in [0.29, 0.717) is 19.4 Å². The van der Waals surface area contributed by atoms with Gasteiger partial charge in [0.15, 0.2) is 0 Å². The molecule has 0 radical (unpaired) electrons. The van der Waals surface area contributed by atoms with E-state index in [2.05, 4.69) is 0 Å². The Morgan fingerprint density at radius 2 is 1.94 bits per heavy atom. The summed E-state index contributed by atoms with van der Waals surface area (Å²) in [6.45, 7) is 4.21. The summed E-state index contributed by atoms with van der Waals surface area (Å²) in [5.74, 6) is -1.03. The second-order valence-electron chi connectivity index (χ2n) is 4.28. The molecule has 0 aromatic rings. The fraction of sp³-hybridized carbons (Fsp3) is 0.833. The number of carboxylic acid groups (broad SMARTS) is 1. The van der Waals surface area contributed by atoms with Gasteiger partial charge in [0.1, 0.15) is 6.04 Å². The van der Waals surface area contributed by atoms with Crippen molar-refractivity contribution < 1.29 is 19.4 Å². The highest BCUT2D eigenvalue weighted by molar-refractivity contribution is 5.75. The third-order valence-electron chi connectivity index (χ3n) is 2.81. The second kappa shape index (κ2) is 8.98. The van der Waals surface area contributed by atoms with Crippen LogP contribution in [0.4, 0.5) is 0 Å². The van der Waals surface area contributed by atoms with Crippen LogP contribution in [0.1, 0.15) is 46.0 Å². The summed E-state index contributed by atoms with van der Waals surface area (Å²) in [6.07, 6.45) is 3.06. The first kappa shape index (κ1) is 15.9. The molecule has 3 N–H and O–H groups in total. The Morgan fingerprint density at radius 1 is 1.29 bits per heavy atom. The van der Waals surface area contributed by atoms with Crippen LogP contribution in [-0.2, 0) is 14.3 Å². The summed E-state index contributed by atoms with van der Waals surface area (Å²) in [4.78, 5) is 21.7. The minimum absolute atomic E-state index is 0.120. The summed E-state index contributed by atoms with van der Waals surface area (Å²) in [7, 11) is 0. The van der Waals surface area contributed by atoms with Crippen LogP contribution in [0.5, 0.6) is 0 Å². The molecule has 0 aliphatic carbocycles. The zero-order valence-corrected chi connectivity index (χ0v) is 10.6. The molecule has 0 heterocycles. The molecule has 100 valence electrons. The highest BCUT2D eigenvalue weighted by Crippen LogP contribution is 2.07. The third kappa shape index (κ3) is 7.74. The van der Waals surface area contributed by atoms with Crippen molar-refractivity contribution in [2.75, 3.05) is 6.61 Å². The number of unbranched alkanes of at least 4 members (excludes halogenated alkanes) is 2. The van der Waals surface area contributed by atoms with Crippen molar-refractivity contribution in [2.24, 2.45) is 11.7 Å². The molecule has 0 aromatic carbocycles. The quantitative estimate of drug-likeness (QED) is 0.475. The van der Waals surface area contributed by atoms with E-state index in [0.717, 1.165) is 12.8 Å². The molecule has 0 bridgehead atoms. The Morgan fingerprint density at radius 3 is 2.47 bits per heavy atom. The molecule has 0 aliphatic heterocycles. The zero-order valence-electron chi connectivity index (χ0n) is 10.6. The van der Waals surface area contributed by atoms with Crippen LogP contribution in [0.25, 0.3) is 0 Å². The number of carbonyl (C=O) groups excluding carboxylic acids is 1. The molecule has 5 nitrogen and oxygen atoms in total. The highest BCUT2D eigenvalue weighted by Gasteiger charge is 2.20. The SMILES string of the molecule is CCC(C)C(N)C(=O)OCCCCCC(=O)O. The lowest BCUT2D eigenvalue weighted by Gasteiger charge is -2.16. The molecule has 0 spiro atoms. The van der Waals surface area contributed by atoms with Gasteiger partial charge in [-0.05, 0) is 25.2 Å². The maximum absolute atomic E-state index is 11.4. The Kier molecular flexibility index (Phi) is 8.40. The van der Waals surface area contributed by atoms with Crippen LogP contribution in [0, 0.1) is 5.92 Å². The summed E-state index contributed by atoms with van der Waals surface area (Å²) in [5, 5.41) is 8.42. The molecule has 17 heavy (non-hydrogen) atoms. The Balaban J connectivity index is 3.54. The van der Waals surface area contributed by atoms with Crippen LogP contribution < -0.4 is 5.73 Å². The molecule has 5 heteroatoms. The molecule has 0 aliphatic rings. The highest BCUT2D eigenvalue weighted by atomic mass is 16.5. The molecule has 0 saturated heterocycles. The summed E-state index contributed by atoms with van der Waals surface area (Å²) in [6, 6.07) is -0.556. The van der Waals surface area contributed by atoms with Gasteiger partial charge in [0.05, 0.1) is 6.61 Å². The smallest absolute Gasteiger partial charge is 0.323 e.